The van der Waals surface area contributed by atoms with E-state index in [1.165, 1.54) is 16.9 Å². The number of rotatable bonds is 3. The molecule has 1 aliphatic rings. The summed E-state index contributed by atoms with van der Waals surface area (Å²) in [4.78, 5) is 13.1. The first-order valence-electron chi connectivity index (χ1n) is 5.81. The highest BCUT2D eigenvalue weighted by Crippen LogP contribution is 2.15. The van der Waals surface area contributed by atoms with E-state index in [2.05, 4.69) is 29.0 Å². The molecule has 0 aliphatic carbocycles. The van der Waals surface area contributed by atoms with Crippen molar-refractivity contribution in [1.82, 2.24) is 10.6 Å². The van der Waals surface area contributed by atoms with Crippen molar-refractivity contribution in [3.8, 4) is 0 Å². The number of nitrogens with one attached hydrogen (secondary N) is 2. The van der Waals surface area contributed by atoms with Crippen LogP contribution in [0, 0.1) is 6.92 Å². The van der Waals surface area contributed by atoms with E-state index in [0.29, 0.717) is 6.54 Å². The van der Waals surface area contributed by atoms with Gasteiger partial charge < -0.3 is 10.6 Å². The van der Waals surface area contributed by atoms with Gasteiger partial charge in [-0.3, -0.25) is 4.79 Å². The zero-order valence-electron chi connectivity index (χ0n) is 9.58. The Kier molecular flexibility index (Phi) is 3.96. The number of hydrogen-bond acceptors (Lipinski definition) is 3. The summed E-state index contributed by atoms with van der Waals surface area (Å²) in [5.41, 5.74) is 1.27. The molecular formula is C12H18N2OS. The van der Waals surface area contributed by atoms with E-state index in [1.54, 1.807) is 11.3 Å². The summed E-state index contributed by atoms with van der Waals surface area (Å²) in [6.07, 6.45) is 3.31. The molecule has 1 aromatic heterocycles. The molecule has 2 rings (SSSR count). The summed E-state index contributed by atoms with van der Waals surface area (Å²) in [5.74, 6) is 0.146. The van der Waals surface area contributed by atoms with Crippen molar-refractivity contribution in [3.05, 3.63) is 21.9 Å². The van der Waals surface area contributed by atoms with Gasteiger partial charge >= 0.3 is 0 Å². The molecule has 1 saturated heterocycles. The maximum atomic E-state index is 11.8. The largest absolute Gasteiger partial charge is 0.350 e. The number of carbonyl (C=O) groups is 1. The van der Waals surface area contributed by atoms with E-state index in [9.17, 15) is 4.79 Å². The molecule has 0 aromatic carbocycles. The Morgan fingerprint density at radius 1 is 1.62 bits per heavy atom. The van der Waals surface area contributed by atoms with E-state index in [0.717, 1.165) is 19.4 Å². The first-order chi connectivity index (χ1) is 7.77. The van der Waals surface area contributed by atoms with Gasteiger partial charge in [0.05, 0.1) is 12.6 Å². The molecule has 0 bridgehead atoms. The summed E-state index contributed by atoms with van der Waals surface area (Å²) in [5, 5.41) is 8.32. The summed E-state index contributed by atoms with van der Waals surface area (Å²) < 4.78 is 0. The lowest BCUT2D eigenvalue weighted by Crippen LogP contribution is -2.46. The highest BCUT2D eigenvalue weighted by molar-refractivity contribution is 7.10. The van der Waals surface area contributed by atoms with Gasteiger partial charge in [0.25, 0.3) is 0 Å². The summed E-state index contributed by atoms with van der Waals surface area (Å²) >= 11 is 1.70. The van der Waals surface area contributed by atoms with E-state index in [-0.39, 0.29) is 11.9 Å². The van der Waals surface area contributed by atoms with Gasteiger partial charge in [-0.25, -0.2) is 0 Å². The molecule has 4 heteroatoms. The Morgan fingerprint density at radius 3 is 3.12 bits per heavy atom. The lowest BCUT2D eigenvalue weighted by molar-refractivity contribution is -0.123. The number of piperidine rings is 1. The zero-order valence-corrected chi connectivity index (χ0v) is 10.4. The number of thiophene rings is 1. The molecule has 1 aromatic rings. The van der Waals surface area contributed by atoms with Gasteiger partial charge in [-0.2, -0.15) is 0 Å². The highest BCUT2D eigenvalue weighted by Gasteiger charge is 2.19. The van der Waals surface area contributed by atoms with Crippen LogP contribution in [0.4, 0.5) is 0 Å². The monoisotopic (exact) mass is 238 g/mol. The van der Waals surface area contributed by atoms with Crippen molar-refractivity contribution in [2.45, 2.75) is 38.8 Å². The molecule has 0 radical (unpaired) electrons. The second kappa shape index (κ2) is 5.46. The lowest BCUT2D eigenvalue weighted by Gasteiger charge is -2.22. The Balaban J connectivity index is 1.81. The maximum absolute atomic E-state index is 11.8. The van der Waals surface area contributed by atoms with Crippen LogP contribution in [-0.4, -0.2) is 18.5 Å². The number of hydrogen-bond donors (Lipinski definition) is 2. The molecule has 2 N–H and O–H groups in total. The van der Waals surface area contributed by atoms with Gasteiger partial charge in [-0.15, -0.1) is 11.3 Å². The first-order valence-corrected chi connectivity index (χ1v) is 6.69. The third kappa shape index (κ3) is 2.83. The molecule has 3 nitrogen and oxygen atoms in total. The van der Waals surface area contributed by atoms with Crippen LogP contribution in [0.3, 0.4) is 0 Å². The fourth-order valence-corrected chi connectivity index (χ4v) is 2.80. The molecule has 0 spiro atoms. The zero-order chi connectivity index (χ0) is 11.4. The topological polar surface area (TPSA) is 41.1 Å². The Morgan fingerprint density at radius 2 is 2.50 bits per heavy atom. The van der Waals surface area contributed by atoms with Crippen LogP contribution in [0.1, 0.15) is 29.7 Å². The molecular weight excluding hydrogens is 220 g/mol. The molecule has 2 heterocycles. The molecule has 88 valence electrons. The molecule has 1 aliphatic heterocycles. The maximum Gasteiger partial charge on any atom is 0.237 e. The number of carbonyl (C=O) groups excluding carboxylic acids is 1. The predicted molar refractivity (Wildman–Crippen MR) is 66.5 cm³/mol. The van der Waals surface area contributed by atoms with Crippen LogP contribution in [-0.2, 0) is 11.3 Å². The molecule has 0 saturated carbocycles. The number of aryl methyl sites for hydroxylation is 1. The average molecular weight is 238 g/mol. The van der Waals surface area contributed by atoms with E-state index in [4.69, 9.17) is 0 Å². The van der Waals surface area contributed by atoms with Crippen molar-refractivity contribution in [2.75, 3.05) is 6.54 Å². The van der Waals surface area contributed by atoms with Crippen molar-refractivity contribution in [3.63, 3.8) is 0 Å². The SMILES string of the molecule is Cc1ccsc1CNC(=O)C1CCCCN1. The lowest BCUT2D eigenvalue weighted by atomic mass is 10.0. The third-order valence-corrected chi connectivity index (χ3v) is 4.04. The van der Waals surface area contributed by atoms with Crippen molar-refractivity contribution < 1.29 is 4.79 Å². The van der Waals surface area contributed by atoms with E-state index >= 15 is 0 Å². The van der Waals surface area contributed by atoms with Crippen LogP contribution in [0.15, 0.2) is 11.4 Å². The van der Waals surface area contributed by atoms with Crippen LogP contribution >= 0.6 is 11.3 Å². The van der Waals surface area contributed by atoms with Gasteiger partial charge in [0.15, 0.2) is 0 Å². The van der Waals surface area contributed by atoms with Crippen LogP contribution in [0.25, 0.3) is 0 Å². The second-order valence-corrected chi connectivity index (χ2v) is 5.25. The normalized spacial score (nSPS) is 20.7. The standard InChI is InChI=1S/C12H18N2OS/c1-9-5-7-16-11(9)8-14-12(15)10-4-2-3-6-13-10/h5,7,10,13H,2-4,6,8H2,1H3,(H,14,15). The smallest absolute Gasteiger partial charge is 0.237 e. The third-order valence-electron chi connectivity index (χ3n) is 3.02. The van der Waals surface area contributed by atoms with Gasteiger partial charge in [-0.05, 0) is 43.3 Å². The van der Waals surface area contributed by atoms with Crippen molar-refractivity contribution in [1.29, 1.82) is 0 Å². The van der Waals surface area contributed by atoms with Crippen LogP contribution in [0.2, 0.25) is 0 Å². The summed E-state index contributed by atoms with van der Waals surface area (Å²) in [6, 6.07) is 2.11. The Labute approximate surface area is 100 Å². The van der Waals surface area contributed by atoms with E-state index in [1.807, 2.05) is 0 Å². The van der Waals surface area contributed by atoms with E-state index < -0.39 is 0 Å². The van der Waals surface area contributed by atoms with Gasteiger partial charge in [0, 0.05) is 4.88 Å². The first kappa shape index (κ1) is 11.6. The second-order valence-electron chi connectivity index (χ2n) is 4.25. The summed E-state index contributed by atoms with van der Waals surface area (Å²) in [6.45, 7) is 3.72. The minimum Gasteiger partial charge on any atom is -0.350 e. The quantitative estimate of drug-likeness (QED) is 0.843. The Bertz CT molecular complexity index is 356. The van der Waals surface area contributed by atoms with Crippen LogP contribution < -0.4 is 10.6 Å². The highest BCUT2D eigenvalue weighted by atomic mass is 32.1. The molecule has 1 atom stereocenters. The van der Waals surface area contributed by atoms with Crippen molar-refractivity contribution >= 4 is 17.2 Å². The minimum absolute atomic E-state index is 0.0222. The Hall–Kier alpha value is -0.870. The molecule has 1 amide bonds. The van der Waals surface area contributed by atoms with Crippen LogP contribution in [0.5, 0.6) is 0 Å². The average Bonchev–Trinajstić information content (AvgIpc) is 2.73. The summed E-state index contributed by atoms with van der Waals surface area (Å²) in [7, 11) is 0. The van der Waals surface area contributed by atoms with Gasteiger partial charge in [-0.1, -0.05) is 6.42 Å². The number of amides is 1. The fourth-order valence-electron chi connectivity index (χ4n) is 1.95. The predicted octanol–water partition coefficient (Wildman–Crippen LogP) is 1.81. The molecule has 16 heavy (non-hydrogen) atoms. The fraction of sp³-hybridized carbons (Fsp3) is 0.583. The molecule has 1 fully saturated rings. The molecule has 1 unspecified atom stereocenters. The van der Waals surface area contributed by atoms with Crippen molar-refractivity contribution in [2.24, 2.45) is 0 Å². The van der Waals surface area contributed by atoms with Gasteiger partial charge in [0.1, 0.15) is 0 Å². The minimum atomic E-state index is 0.0222. The van der Waals surface area contributed by atoms with Gasteiger partial charge in [0.2, 0.25) is 5.91 Å².